The van der Waals surface area contributed by atoms with Gasteiger partial charge in [0.05, 0.1) is 0 Å². The van der Waals surface area contributed by atoms with E-state index in [9.17, 15) is 4.79 Å². The van der Waals surface area contributed by atoms with E-state index in [-0.39, 0.29) is 58.7 Å². The van der Waals surface area contributed by atoms with E-state index in [1.807, 2.05) is 0 Å². The Morgan fingerprint density at radius 3 is 2.00 bits per heavy atom. The van der Waals surface area contributed by atoms with Crippen LogP contribution in [0, 0.1) is 5.92 Å². The molecule has 50 valence electrons. The standard InChI is InChI=1S/C5H11NO2.K.H/c1-3(2)4(6)5(7)8;;/h3-4H,6H2,1-2H3,(H,7,8);;/q;+1;-1/t4-;;/m0../s1. The Bertz CT molecular complexity index is 99.6. The average Bonchev–Trinajstić information content (AvgIpc) is 1.64. The van der Waals surface area contributed by atoms with Crippen LogP contribution in [0.5, 0.6) is 0 Å². The number of rotatable bonds is 2. The van der Waals surface area contributed by atoms with Crippen LogP contribution in [-0.4, -0.2) is 17.1 Å². The second-order valence-corrected chi connectivity index (χ2v) is 2.11. The van der Waals surface area contributed by atoms with E-state index < -0.39 is 12.0 Å². The molecule has 0 amide bonds. The van der Waals surface area contributed by atoms with Crippen molar-refractivity contribution in [3.8, 4) is 0 Å². The summed E-state index contributed by atoms with van der Waals surface area (Å²) in [6.45, 7) is 3.55. The molecule has 3 nitrogen and oxygen atoms in total. The summed E-state index contributed by atoms with van der Waals surface area (Å²) in [4.78, 5) is 10.0. The summed E-state index contributed by atoms with van der Waals surface area (Å²) in [6.07, 6.45) is 0. The van der Waals surface area contributed by atoms with Gasteiger partial charge in [-0.25, -0.2) is 0 Å². The number of hydrogen-bond donors (Lipinski definition) is 2. The number of aliphatic carboxylic acids is 1. The molecule has 3 N–H and O–H groups in total. The first-order chi connectivity index (χ1) is 3.55. The summed E-state index contributed by atoms with van der Waals surface area (Å²) < 4.78 is 0. The van der Waals surface area contributed by atoms with Gasteiger partial charge in [0.1, 0.15) is 6.04 Å². The van der Waals surface area contributed by atoms with E-state index in [4.69, 9.17) is 10.8 Å². The van der Waals surface area contributed by atoms with Crippen LogP contribution < -0.4 is 57.1 Å². The SMILES string of the molecule is CC(C)[C@H](N)C(=O)O.[H-].[K+]. The van der Waals surface area contributed by atoms with Crippen molar-refractivity contribution in [2.24, 2.45) is 11.7 Å². The van der Waals surface area contributed by atoms with E-state index >= 15 is 0 Å². The van der Waals surface area contributed by atoms with Gasteiger partial charge in [0.15, 0.2) is 0 Å². The van der Waals surface area contributed by atoms with Crippen molar-refractivity contribution in [2.45, 2.75) is 19.9 Å². The Balaban J connectivity index is -0.000000245. The fourth-order valence-electron chi connectivity index (χ4n) is 0.285. The minimum Gasteiger partial charge on any atom is -1.00 e. The van der Waals surface area contributed by atoms with Gasteiger partial charge < -0.3 is 12.3 Å². The second-order valence-electron chi connectivity index (χ2n) is 2.11. The van der Waals surface area contributed by atoms with E-state index in [2.05, 4.69) is 0 Å². The van der Waals surface area contributed by atoms with Crippen molar-refractivity contribution >= 4 is 5.97 Å². The molecule has 0 heterocycles. The molecule has 0 rings (SSSR count). The van der Waals surface area contributed by atoms with Crippen LogP contribution in [0.25, 0.3) is 0 Å². The first-order valence-corrected chi connectivity index (χ1v) is 2.54. The summed E-state index contributed by atoms with van der Waals surface area (Å²) in [5.74, 6) is -0.910. The molecular formula is C5H12KNO2. The predicted molar refractivity (Wildman–Crippen MR) is 31.6 cm³/mol. The predicted octanol–water partition coefficient (Wildman–Crippen LogP) is -2.83. The normalized spacial score (nSPS) is 12.4. The first-order valence-electron chi connectivity index (χ1n) is 2.54. The molecule has 0 fully saturated rings. The Labute approximate surface area is 98.9 Å². The largest absolute Gasteiger partial charge is 1.00 e. The van der Waals surface area contributed by atoms with Gasteiger partial charge in [-0.3, -0.25) is 4.79 Å². The second kappa shape index (κ2) is 5.82. The molecule has 0 aliphatic heterocycles. The molecule has 0 saturated carbocycles. The summed E-state index contributed by atoms with van der Waals surface area (Å²) in [5.41, 5.74) is 5.16. The summed E-state index contributed by atoms with van der Waals surface area (Å²) >= 11 is 0. The monoisotopic (exact) mass is 157 g/mol. The van der Waals surface area contributed by atoms with Gasteiger partial charge in [0, 0.05) is 0 Å². The van der Waals surface area contributed by atoms with Gasteiger partial charge in [-0.1, -0.05) is 13.8 Å². The molecule has 0 unspecified atom stereocenters. The Kier molecular flexibility index (Phi) is 8.23. The number of hydrogen-bond acceptors (Lipinski definition) is 2. The molecular weight excluding hydrogens is 145 g/mol. The molecule has 0 radical (unpaired) electrons. The van der Waals surface area contributed by atoms with E-state index in [0.717, 1.165) is 0 Å². The van der Waals surface area contributed by atoms with Crippen LogP contribution in [0.3, 0.4) is 0 Å². The first kappa shape index (κ1) is 12.7. The van der Waals surface area contributed by atoms with E-state index in [0.29, 0.717) is 0 Å². The van der Waals surface area contributed by atoms with Gasteiger partial charge in [-0.2, -0.15) is 0 Å². The zero-order chi connectivity index (χ0) is 6.73. The molecule has 1 atom stereocenters. The van der Waals surface area contributed by atoms with Gasteiger partial charge in [-0.05, 0) is 5.92 Å². The maximum absolute atomic E-state index is 10.0. The number of carbonyl (C=O) groups is 1. The maximum atomic E-state index is 10.0. The summed E-state index contributed by atoms with van der Waals surface area (Å²) in [6, 6.07) is -0.713. The van der Waals surface area contributed by atoms with Crippen molar-refractivity contribution in [3.63, 3.8) is 0 Å². The Morgan fingerprint density at radius 2 is 2.00 bits per heavy atom. The molecule has 4 heteroatoms. The molecule has 0 aromatic carbocycles. The van der Waals surface area contributed by atoms with Crippen molar-refractivity contribution in [1.82, 2.24) is 0 Å². The van der Waals surface area contributed by atoms with Gasteiger partial charge >= 0.3 is 57.4 Å². The number of carboxylic acid groups (broad SMARTS) is 1. The third-order valence-corrected chi connectivity index (χ3v) is 1.00. The van der Waals surface area contributed by atoms with Gasteiger partial charge in [0.25, 0.3) is 0 Å². The zero-order valence-corrected chi connectivity index (χ0v) is 9.21. The molecule has 9 heavy (non-hydrogen) atoms. The zero-order valence-electron chi connectivity index (χ0n) is 7.09. The third-order valence-electron chi connectivity index (χ3n) is 1.00. The maximum Gasteiger partial charge on any atom is 1.00 e. The Morgan fingerprint density at radius 1 is 1.67 bits per heavy atom. The van der Waals surface area contributed by atoms with E-state index in [1.165, 1.54) is 0 Å². The fourth-order valence-corrected chi connectivity index (χ4v) is 0.285. The molecule has 0 spiro atoms. The molecule has 0 aliphatic carbocycles. The minimum absolute atomic E-state index is 0. The molecule has 0 aromatic heterocycles. The van der Waals surface area contributed by atoms with E-state index in [1.54, 1.807) is 13.8 Å². The van der Waals surface area contributed by atoms with Gasteiger partial charge in [0.2, 0.25) is 0 Å². The quantitative estimate of drug-likeness (QED) is 0.425. The molecule has 0 aliphatic rings. The van der Waals surface area contributed by atoms with Crippen LogP contribution in [0.2, 0.25) is 0 Å². The average molecular weight is 157 g/mol. The number of nitrogens with two attached hydrogens (primary N) is 1. The minimum atomic E-state index is -0.931. The summed E-state index contributed by atoms with van der Waals surface area (Å²) in [7, 11) is 0. The number of carboxylic acids is 1. The van der Waals surface area contributed by atoms with Crippen LogP contribution in [-0.2, 0) is 4.79 Å². The molecule has 0 aromatic rings. The van der Waals surface area contributed by atoms with Crippen LogP contribution in [0.1, 0.15) is 15.3 Å². The van der Waals surface area contributed by atoms with Gasteiger partial charge in [-0.15, -0.1) is 0 Å². The smallest absolute Gasteiger partial charge is 1.00 e. The Hall–Kier alpha value is 1.07. The topological polar surface area (TPSA) is 63.3 Å². The fraction of sp³-hybridized carbons (Fsp3) is 0.800. The molecule has 0 saturated heterocycles. The van der Waals surface area contributed by atoms with Crippen molar-refractivity contribution in [2.75, 3.05) is 0 Å². The summed E-state index contributed by atoms with van der Waals surface area (Å²) in [5, 5.41) is 8.23. The van der Waals surface area contributed by atoms with Crippen molar-refractivity contribution in [3.05, 3.63) is 0 Å². The van der Waals surface area contributed by atoms with Crippen molar-refractivity contribution in [1.29, 1.82) is 0 Å². The third kappa shape index (κ3) is 5.51. The van der Waals surface area contributed by atoms with Crippen molar-refractivity contribution < 1.29 is 62.7 Å². The van der Waals surface area contributed by atoms with Crippen LogP contribution in [0.4, 0.5) is 0 Å². The van der Waals surface area contributed by atoms with Crippen LogP contribution >= 0.6 is 0 Å². The molecule has 0 bridgehead atoms. The van der Waals surface area contributed by atoms with Crippen LogP contribution in [0.15, 0.2) is 0 Å².